The van der Waals surface area contributed by atoms with E-state index in [1.807, 2.05) is 29.1 Å². The van der Waals surface area contributed by atoms with E-state index < -0.39 is 0 Å². The highest BCUT2D eigenvalue weighted by molar-refractivity contribution is 5.98. The SMILES string of the molecule is Cn1c(-c2cccc3cn4cncc4cc23)nc2ccccc21. The van der Waals surface area contributed by atoms with E-state index in [1.165, 1.54) is 10.8 Å². The van der Waals surface area contributed by atoms with Crippen LogP contribution in [0.5, 0.6) is 0 Å². The van der Waals surface area contributed by atoms with Crippen LogP contribution in [0.2, 0.25) is 0 Å². The lowest BCUT2D eigenvalue weighted by atomic mass is 10.1. The van der Waals surface area contributed by atoms with Crippen LogP contribution in [0.3, 0.4) is 0 Å². The first-order valence-corrected chi connectivity index (χ1v) is 7.57. The fourth-order valence-electron chi connectivity index (χ4n) is 3.27. The zero-order valence-corrected chi connectivity index (χ0v) is 12.6. The molecular weight excluding hydrogens is 284 g/mol. The van der Waals surface area contributed by atoms with Gasteiger partial charge in [-0.15, -0.1) is 0 Å². The van der Waals surface area contributed by atoms with E-state index >= 15 is 0 Å². The molecule has 0 aliphatic heterocycles. The van der Waals surface area contributed by atoms with Crippen LogP contribution in [0.15, 0.2) is 67.3 Å². The molecule has 0 aliphatic rings. The van der Waals surface area contributed by atoms with E-state index in [0.29, 0.717) is 0 Å². The Morgan fingerprint density at radius 1 is 1.00 bits per heavy atom. The molecule has 0 spiro atoms. The van der Waals surface area contributed by atoms with E-state index in [-0.39, 0.29) is 0 Å². The molecule has 0 fully saturated rings. The molecule has 0 unspecified atom stereocenters. The third kappa shape index (κ3) is 1.72. The smallest absolute Gasteiger partial charge is 0.141 e. The second-order valence-corrected chi connectivity index (χ2v) is 5.79. The summed E-state index contributed by atoms with van der Waals surface area (Å²) in [5.74, 6) is 0.987. The molecule has 3 aromatic heterocycles. The molecule has 4 heteroatoms. The Morgan fingerprint density at radius 2 is 1.91 bits per heavy atom. The Kier molecular flexibility index (Phi) is 2.39. The summed E-state index contributed by atoms with van der Waals surface area (Å²) in [5, 5.41) is 2.37. The number of benzene rings is 2. The van der Waals surface area contributed by atoms with E-state index in [1.54, 1.807) is 0 Å². The first-order valence-electron chi connectivity index (χ1n) is 7.57. The molecule has 110 valence electrons. The van der Waals surface area contributed by atoms with Gasteiger partial charge in [-0.3, -0.25) is 0 Å². The summed E-state index contributed by atoms with van der Waals surface area (Å²) in [7, 11) is 2.07. The lowest BCUT2D eigenvalue weighted by molar-refractivity contribution is 0.961. The number of nitrogens with zero attached hydrogens (tertiary/aromatic N) is 4. The number of aryl methyl sites for hydroxylation is 1. The normalized spacial score (nSPS) is 11.7. The molecule has 4 nitrogen and oxygen atoms in total. The van der Waals surface area contributed by atoms with Crippen LogP contribution in [0, 0.1) is 0 Å². The zero-order valence-electron chi connectivity index (χ0n) is 12.6. The first-order chi connectivity index (χ1) is 11.3. The van der Waals surface area contributed by atoms with Crippen molar-refractivity contribution in [1.29, 1.82) is 0 Å². The van der Waals surface area contributed by atoms with Crippen molar-refractivity contribution >= 4 is 27.3 Å². The van der Waals surface area contributed by atoms with Gasteiger partial charge < -0.3 is 8.97 Å². The van der Waals surface area contributed by atoms with Crippen LogP contribution < -0.4 is 0 Å². The molecule has 0 bridgehead atoms. The third-order valence-electron chi connectivity index (χ3n) is 4.43. The van der Waals surface area contributed by atoms with Gasteiger partial charge in [-0.1, -0.05) is 30.3 Å². The number of imidazole rings is 2. The number of fused-ring (bicyclic) bond motifs is 3. The highest BCUT2D eigenvalue weighted by atomic mass is 15.1. The molecule has 5 rings (SSSR count). The van der Waals surface area contributed by atoms with Crippen molar-refractivity contribution in [3.63, 3.8) is 0 Å². The molecule has 2 aromatic carbocycles. The fourth-order valence-corrected chi connectivity index (χ4v) is 3.27. The standard InChI is InChI=1S/C19H14N4/c1-22-18-8-3-2-7-17(18)21-19(22)15-6-4-5-13-11-23-12-20-10-14(23)9-16(13)15/h2-12H,1H3. The van der Waals surface area contributed by atoms with Gasteiger partial charge in [-0.05, 0) is 29.0 Å². The van der Waals surface area contributed by atoms with Gasteiger partial charge in [0.05, 0.1) is 29.1 Å². The highest BCUT2D eigenvalue weighted by Gasteiger charge is 2.12. The lowest BCUT2D eigenvalue weighted by Gasteiger charge is -2.08. The summed E-state index contributed by atoms with van der Waals surface area (Å²) in [6.07, 6.45) is 5.82. The molecule has 0 amide bonds. The van der Waals surface area contributed by atoms with Crippen molar-refractivity contribution in [2.45, 2.75) is 0 Å². The lowest BCUT2D eigenvalue weighted by Crippen LogP contribution is -1.94. The van der Waals surface area contributed by atoms with Crippen molar-refractivity contribution in [3.8, 4) is 11.4 Å². The number of hydrogen-bond acceptors (Lipinski definition) is 2. The van der Waals surface area contributed by atoms with Gasteiger partial charge in [0.2, 0.25) is 0 Å². The largest absolute Gasteiger partial charge is 0.327 e. The molecule has 0 atom stereocenters. The van der Waals surface area contributed by atoms with Gasteiger partial charge in [0, 0.05) is 18.8 Å². The van der Waals surface area contributed by atoms with Crippen molar-refractivity contribution in [2.24, 2.45) is 7.05 Å². The minimum Gasteiger partial charge on any atom is -0.327 e. The van der Waals surface area contributed by atoms with Crippen LogP contribution in [-0.2, 0) is 7.05 Å². The van der Waals surface area contributed by atoms with Crippen molar-refractivity contribution in [3.05, 3.63) is 67.3 Å². The predicted molar refractivity (Wildman–Crippen MR) is 92.4 cm³/mol. The topological polar surface area (TPSA) is 35.1 Å². The van der Waals surface area contributed by atoms with Gasteiger partial charge in [0.15, 0.2) is 0 Å². The van der Waals surface area contributed by atoms with E-state index in [9.17, 15) is 0 Å². The molecule has 3 heterocycles. The van der Waals surface area contributed by atoms with E-state index in [4.69, 9.17) is 4.98 Å². The fraction of sp³-hybridized carbons (Fsp3) is 0.0526. The second-order valence-electron chi connectivity index (χ2n) is 5.79. The number of pyridine rings is 1. The summed E-state index contributed by atoms with van der Waals surface area (Å²) >= 11 is 0. The van der Waals surface area contributed by atoms with Crippen molar-refractivity contribution in [1.82, 2.24) is 18.9 Å². The van der Waals surface area contributed by atoms with Gasteiger partial charge in [-0.25, -0.2) is 9.97 Å². The maximum absolute atomic E-state index is 4.84. The van der Waals surface area contributed by atoms with Crippen molar-refractivity contribution in [2.75, 3.05) is 0 Å². The van der Waals surface area contributed by atoms with Gasteiger partial charge in [0.1, 0.15) is 5.82 Å². The molecule has 0 saturated heterocycles. The second kappa shape index (κ2) is 4.43. The maximum atomic E-state index is 4.84. The maximum Gasteiger partial charge on any atom is 0.141 e. The zero-order chi connectivity index (χ0) is 15.4. The average molecular weight is 298 g/mol. The van der Waals surface area contributed by atoms with Crippen LogP contribution in [-0.4, -0.2) is 18.9 Å². The van der Waals surface area contributed by atoms with Gasteiger partial charge in [-0.2, -0.15) is 0 Å². The minimum absolute atomic E-state index is 0.987. The Balaban J connectivity index is 1.89. The molecule has 0 aliphatic carbocycles. The van der Waals surface area contributed by atoms with Gasteiger partial charge >= 0.3 is 0 Å². The number of aromatic nitrogens is 4. The summed E-state index contributed by atoms with van der Waals surface area (Å²) < 4.78 is 4.20. The summed E-state index contributed by atoms with van der Waals surface area (Å²) in [6, 6.07) is 16.8. The monoisotopic (exact) mass is 298 g/mol. The van der Waals surface area contributed by atoms with E-state index in [0.717, 1.165) is 27.9 Å². The summed E-state index contributed by atoms with van der Waals surface area (Å²) in [6.45, 7) is 0. The highest BCUT2D eigenvalue weighted by Crippen LogP contribution is 2.30. The van der Waals surface area contributed by atoms with E-state index in [2.05, 4.69) is 59.2 Å². The Morgan fingerprint density at radius 3 is 2.83 bits per heavy atom. The van der Waals surface area contributed by atoms with Crippen molar-refractivity contribution < 1.29 is 0 Å². The van der Waals surface area contributed by atoms with Crippen LogP contribution in [0.4, 0.5) is 0 Å². The molecular formula is C19H14N4. The van der Waals surface area contributed by atoms with Gasteiger partial charge in [0.25, 0.3) is 0 Å². The Bertz CT molecular complexity index is 1180. The molecule has 0 radical (unpaired) electrons. The third-order valence-corrected chi connectivity index (χ3v) is 4.43. The number of para-hydroxylation sites is 2. The number of rotatable bonds is 1. The minimum atomic E-state index is 0.987. The van der Waals surface area contributed by atoms with Crippen LogP contribution in [0.1, 0.15) is 0 Å². The number of hydrogen-bond donors (Lipinski definition) is 0. The average Bonchev–Trinajstić information content (AvgIpc) is 3.17. The predicted octanol–water partition coefficient (Wildman–Crippen LogP) is 4.04. The molecule has 0 N–H and O–H groups in total. The summed E-state index contributed by atoms with van der Waals surface area (Å²) in [4.78, 5) is 9.06. The van der Waals surface area contributed by atoms with Crippen LogP contribution >= 0.6 is 0 Å². The molecule has 23 heavy (non-hydrogen) atoms. The molecule has 0 saturated carbocycles. The molecule has 5 aromatic rings. The summed E-state index contributed by atoms with van der Waals surface area (Å²) in [5.41, 5.74) is 4.39. The Labute approximate surface area is 132 Å². The first kappa shape index (κ1) is 12.4. The van der Waals surface area contributed by atoms with Crippen LogP contribution in [0.25, 0.3) is 38.7 Å². The quantitative estimate of drug-likeness (QED) is 0.468. The Hall–Kier alpha value is -3.14.